The van der Waals surface area contributed by atoms with Gasteiger partial charge in [0.15, 0.2) is 0 Å². The van der Waals surface area contributed by atoms with Crippen LogP contribution in [0.2, 0.25) is 0 Å². The molecule has 0 aromatic carbocycles. The monoisotopic (exact) mass is 277 g/mol. The third-order valence-corrected chi connectivity index (χ3v) is 3.16. The molecule has 20 heavy (non-hydrogen) atoms. The fourth-order valence-corrected chi connectivity index (χ4v) is 2.31. The van der Waals surface area contributed by atoms with Gasteiger partial charge in [-0.05, 0) is 25.8 Å². The molecule has 1 aliphatic heterocycles. The number of allylic oxidation sites excluding steroid dienone is 1. The molecule has 0 fully saturated rings. The van der Waals surface area contributed by atoms with Crippen LogP contribution in [-0.2, 0) is 16.0 Å². The molecule has 2 heterocycles. The first-order valence-electron chi connectivity index (χ1n) is 6.84. The second kappa shape index (κ2) is 5.94. The van der Waals surface area contributed by atoms with Gasteiger partial charge in [0.05, 0.1) is 30.0 Å². The van der Waals surface area contributed by atoms with Gasteiger partial charge in [-0.3, -0.25) is 0 Å². The van der Waals surface area contributed by atoms with Crippen molar-refractivity contribution >= 4 is 18.0 Å². The summed E-state index contributed by atoms with van der Waals surface area (Å²) in [4.78, 5) is 24.1. The van der Waals surface area contributed by atoms with Crippen LogP contribution in [0.3, 0.4) is 0 Å². The summed E-state index contributed by atoms with van der Waals surface area (Å²) in [6.07, 6.45) is 5.57. The molecular weight excluding hydrogens is 258 g/mol. The Morgan fingerprint density at radius 3 is 2.55 bits per heavy atom. The number of carbonyl (C=O) groups excluding carboxylic acids is 2. The predicted molar refractivity (Wildman–Crippen MR) is 74.5 cm³/mol. The average Bonchev–Trinajstić information content (AvgIpc) is 2.77. The molecule has 0 saturated heterocycles. The Hall–Kier alpha value is -2.04. The molecule has 2 rings (SSSR count). The number of esters is 2. The van der Waals surface area contributed by atoms with Gasteiger partial charge < -0.3 is 14.0 Å². The summed E-state index contributed by atoms with van der Waals surface area (Å²) in [7, 11) is 0. The van der Waals surface area contributed by atoms with E-state index in [-0.39, 0.29) is 18.8 Å². The van der Waals surface area contributed by atoms with Gasteiger partial charge in [-0.15, -0.1) is 0 Å². The Morgan fingerprint density at radius 2 is 1.90 bits per heavy atom. The normalized spacial score (nSPS) is 16.6. The van der Waals surface area contributed by atoms with Gasteiger partial charge in [0.25, 0.3) is 0 Å². The maximum absolute atomic E-state index is 12.1. The highest BCUT2D eigenvalue weighted by Crippen LogP contribution is 2.26. The van der Waals surface area contributed by atoms with Crippen molar-refractivity contribution in [2.75, 3.05) is 13.2 Å². The van der Waals surface area contributed by atoms with E-state index in [2.05, 4.69) is 6.92 Å². The third-order valence-electron chi connectivity index (χ3n) is 3.16. The minimum Gasteiger partial charge on any atom is -0.462 e. The van der Waals surface area contributed by atoms with Crippen LogP contribution in [0, 0.1) is 5.92 Å². The van der Waals surface area contributed by atoms with E-state index in [1.54, 1.807) is 20.0 Å². The molecule has 1 aromatic rings. The average molecular weight is 277 g/mol. The van der Waals surface area contributed by atoms with Crippen molar-refractivity contribution in [3.05, 3.63) is 29.1 Å². The summed E-state index contributed by atoms with van der Waals surface area (Å²) in [6.45, 7) is 6.83. The van der Waals surface area contributed by atoms with Crippen LogP contribution in [0.25, 0.3) is 6.08 Å². The number of hydrogen-bond acceptors (Lipinski definition) is 4. The molecule has 0 saturated carbocycles. The number of hydrogen-bond donors (Lipinski definition) is 0. The van der Waals surface area contributed by atoms with Crippen molar-refractivity contribution in [3.8, 4) is 0 Å². The lowest BCUT2D eigenvalue weighted by Crippen LogP contribution is -2.14. The van der Waals surface area contributed by atoms with Gasteiger partial charge in [-0.2, -0.15) is 0 Å². The van der Waals surface area contributed by atoms with Crippen molar-refractivity contribution < 1.29 is 19.1 Å². The lowest BCUT2D eigenvalue weighted by molar-refractivity contribution is 0.0480. The standard InChI is InChI=1S/C15H19NO4/c1-4-19-14(17)11-9-16-8-10(3)6-7-12(16)13(11)15(18)20-5-2/h6-7,9-10H,4-5,8H2,1-3H3. The van der Waals surface area contributed by atoms with Crippen LogP contribution in [0.5, 0.6) is 0 Å². The lowest BCUT2D eigenvalue weighted by Gasteiger charge is -2.16. The SMILES string of the molecule is CCOC(=O)c1cn2c(c1C(=O)OCC)C=CC(C)C2. The quantitative estimate of drug-likeness (QED) is 0.793. The van der Waals surface area contributed by atoms with Crippen LogP contribution in [0.15, 0.2) is 12.3 Å². The summed E-state index contributed by atoms with van der Waals surface area (Å²) in [5.74, 6) is -0.609. The highest BCUT2D eigenvalue weighted by molar-refractivity contribution is 6.05. The van der Waals surface area contributed by atoms with Gasteiger partial charge in [0.2, 0.25) is 0 Å². The highest BCUT2D eigenvalue weighted by atomic mass is 16.5. The Morgan fingerprint density at radius 1 is 1.25 bits per heavy atom. The lowest BCUT2D eigenvalue weighted by atomic mass is 10.1. The Kier molecular flexibility index (Phi) is 4.27. The molecule has 5 heteroatoms. The first-order valence-corrected chi connectivity index (χ1v) is 6.84. The van der Waals surface area contributed by atoms with Gasteiger partial charge >= 0.3 is 11.9 Å². The Bertz CT molecular complexity index is 556. The van der Waals surface area contributed by atoms with Gasteiger partial charge in [0, 0.05) is 12.7 Å². The molecule has 0 bridgehead atoms. The van der Waals surface area contributed by atoms with Crippen LogP contribution in [0.4, 0.5) is 0 Å². The first-order chi connectivity index (χ1) is 9.58. The second-order valence-electron chi connectivity index (χ2n) is 4.73. The zero-order valence-corrected chi connectivity index (χ0v) is 12.0. The maximum Gasteiger partial charge on any atom is 0.341 e. The van der Waals surface area contributed by atoms with Crippen LogP contribution < -0.4 is 0 Å². The Balaban J connectivity index is 2.48. The molecule has 0 amide bonds. The zero-order valence-electron chi connectivity index (χ0n) is 12.0. The maximum atomic E-state index is 12.1. The van der Waals surface area contributed by atoms with E-state index in [0.29, 0.717) is 17.2 Å². The summed E-state index contributed by atoms with van der Waals surface area (Å²) in [5, 5.41) is 0. The van der Waals surface area contributed by atoms with Crippen LogP contribution in [0.1, 0.15) is 47.2 Å². The molecule has 1 aromatic heterocycles. The minimum atomic E-state index is -0.487. The fraction of sp³-hybridized carbons (Fsp3) is 0.467. The summed E-state index contributed by atoms with van der Waals surface area (Å²) in [5.41, 5.74) is 1.29. The number of ether oxygens (including phenoxy) is 2. The molecule has 108 valence electrons. The molecule has 1 unspecified atom stereocenters. The van der Waals surface area contributed by atoms with E-state index in [9.17, 15) is 9.59 Å². The van der Waals surface area contributed by atoms with Crippen molar-refractivity contribution in [2.45, 2.75) is 27.3 Å². The summed E-state index contributed by atoms with van der Waals surface area (Å²) < 4.78 is 12.0. The molecule has 1 aliphatic rings. The molecule has 0 aliphatic carbocycles. The second-order valence-corrected chi connectivity index (χ2v) is 4.73. The highest BCUT2D eigenvalue weighted by Gasteiger charge is 2.28. The van der Waals surface area contributed by atoms with Crippen molar-refractivity contribution in [2.24, 2.45) is 5.92 Å². The number of carbonyl (C=O) groups is 2. The first kappa shape index (κ1) is 14.4. The number of nitrogens with zero attached hydrogens (tertiary/aromatic N) is 1. The summed E-state index contributed by atoms with van der Waals surface area (Å²) in [6, 6.07) is 0. The molecule has 1 atom stereocenters. The zero-order chi connectivity index (χ0) is 14.7. The van der Waals surface area contributed by atoms with Crippen LogP contribution >= 0.6 is 0 Å². The molecule has 0 radical (unpaired) electrons. The van der Waals surface area contributed by atoms with E-state index < -0.39 is 11.9 Å². The minimum absolute atomic E-state index is 0.270. The number of rotatable bonds is 4. The van der Waals surface area contributed by atoms with Crippen molar-refractivity contribution in [1.29, 1.82) is 0 Å². The third kappa shape index (κ3) is 2.61. The van der Waals surface area contributed by atoms with Gasteiger partial charge in [0.1, 0.15) is 0 Å². The smallest absolute Gasteiger partial charge is 0.341 e. The Labute approximate surface area is 118 Å². The fourth-order valence-electron chi connectivity index (χ4n) is 2.31. The molecule has 5 nitrogen and oxygen atoms in total. The summed E-state index contributed by atoms with van der Waals surface area (Å²) >= 11 is 0. The predicted octanol–water partition coefficient (Wildman–Crippen LogP) is 2.50. The largest absolute Gasteiger partial charge is 0.462 e. The van der Waals surface area contributed by atoms with E-state index in [1.165, 1.54) is 0 Å². The number of aromatic nitrogens is 1. The molecular formula is C15H19NO4. The van der Waals surface area contributed by atoms with E-state index >= 15 is 0 Å². The van der Waals surface area contributed by atoms with Crippen LogP contribution in [-0.4, -0.2) is 29.7 Å². The molecule has 0 spiro atoms. The van der Waals surface area contributed by atoms with E-state index in [1.807, 2.05) is 16.7 Å². The van der Waals surface area contributed by atoms with E-state index in [0.717, 1.165) is 6.54 Å². The topological polar surface area (TPSA) is 57.5 Å². The van der Waals surface area contributed by atoms with Gasteiger partial charge in [-0.25, -0.2) is 9.59 Å². The van der Waals surface area contributed by atoms with E-state index in [4.69, 9.17) is 9.47 Å². The number of fused-ring (bicyclic) bond motifs is 1. The van der Waals surface area contributed by atoms with Crippen molar-refractivity contribution in [1.82, 2.24) is 4.57 Å². The van der Waals surface area contributed by atoms with Crippen molar-refractivity contribution in [3.63, 3.8) is 0 Å². The van der Waals surface area contributed by atoms with Gasteiger partial charge in [-0.1, -0.05) is 13.0 Å². The molecule has 0 N–H and O–H groups in total.